The Morgan fingerprint density at radius 1 is 1.48 bits per heavy atom. The number of carbonyl (C=O) groups excluding carboxylic acids is 1. The molecule has 8 heteroatoms. The van der Waals surface area contributed by atoms with Crippen molar-refractivity contribution in [1.82, 2.24) is 15.5 Å². The van der Waals surface area contributed by atoms with Crippen molar-refractivity contribution in [2.45, 2.75) is 25.7 Å². The van der Waals surface area contributed by atoms with Crippen LogP contribution < -0.4 is 5.32 Å². The predicted octanol–water partition coefficient (Wildman–Crippen LogP) is 1.24. The first-order valence-corrected chi connectivity index (χ1v) is 7.41. The van der Waals surface area contributed by atoms with Gasteiger partial charge in [0.2, 0.25) is 0 Å². The van der Waals surface area contributed by atoms with Gasteiger partial charge in [-0.3, -0.25) is 4.79 Å². The predicted molar refractivity (Wildman–Crippen MR) is 79.3 cm³/mol. The van der Waals surface area contributed by atoms with Crippen molar-refractivity contribution < 1.29 is 24.0 Å². The maximum atomic E-state index is 12.4. The molecule has 0 saturated heterocycles. The Bertz CT molecular complexity index is 751. The Kier molecular flexibility index (Phi) is 4.24. The molecule has 1 aliphatic rings. The molecule has 0 aliphatic heterocycles. The molecule has 2 heterocycles. The van der Waals surface area contributed by atoms with Crippen molar-refractivity contribution in [2.75, 3.05) is 19.8 Å². The molecule has 0 spiro atoms. The number of carboxylic acid groups (broad SMARTS) is 1. The van der Waals surface area contributed by atoms with E-state index in [0.717, 1.165) is 18.5 Å². The minimum Gasteiger partial charge on any atom is -0.480 e. The third-order valence-corrected chi connectivity index (χ3v) is 3.63. The molecule has 0 aromatic carbocycles. The lowest BCUT2D eigenvalue weighted by molar-refractivity contribution is -0.142. The first-order chi connectivity index (χ1) is 11.1. The minimum absolute atomic E-state index is 0.129. The number of ether oxygens (including phenoxy) is 1. The van der Waals surface area contributed by atoms with Crippen LogP contribution in [-0.4, -0.2) is 46.9 Å². The number of pyridine rings is 1. The van der Waals surface area contributed by atoms with Crippen LogP contribution in [0.3, 0.4) is 0 Å². The van der Waals surface area contributed by atoms with E-state index in [4.69, 9.17) is 14.4 Å². The highest BCUT2D eigenvalue weighted by Gasteiger charge is 2.28. The Hall–Kier alpha value is -2.48. The van der Waals surface area contributed by atoms with Gasteiger partial charge in [0.1, 0.15) is 6.61 Å². The Labute approximate surface area is 131 Å². The van der Waals surface area contributed by atoms with Crippen LogP contribution in [0.5, 0.6) is 0 Å². The third kappa shape index (κ3) is 3.48. The SMILES string of the molecule is Cc1noc2nc(C3CC3)cc(C(=O)NCCOCC(=O)O)c12. The number of aryl methyl sites for hydroxylation is 1. The van der Waals surface area contributed by atoms with E-state index in [1.54, 1.807) is 13.0 Å². The van der Waals surface area contributed by atoms with Gasteiger partial charge in [-0.25, -0.2) is 9.78 Å². The molecule has 23 heavy (non-hydrogen) atoms. The highest BCUT2D eigenvalue weighted by molar-refractivity contribution is 6.06. The van der Waals surface area contributed by atoms with E-state index in [9.17, 15) is 9.59 Å². The van der Waals surface area contributed by atoms with Gasteiger partial charge >= 0.3 is 5.97 Å². The van der Waals surface area contributed by atoms with Crippen molar-refractivity contribution >= 4 is 23.0 Å². The maximum absolute atomic E-state index is 12.4. The molecule has 2 aromatic rings. The first kappa shape index (κ1) is 15.4. The zero-order valence-electron chi connectivity index (χ0n) is 12.7. The smallest absolute Gasteiger partial charge is 0.329 e. The summed E-state index contributed by atoms with van der Waals surface area (Å²) in [5, 5.41) is 15.7. The Morgan fingerprint density at radius 3 is 2.96 bits per heavy atom. The number of carbonyl (C=O) groups is 2. The van der Waals surface area contributed by atoms with Gasteiger partial charge in [0, 0.05) is 18.2 Å². The molecule has 2 N–H and O–H groups in total. The molecule has 1 amide bonds. The normalized spacial score (nSPS) is 14.1. The lowest BCUT2D eigenvalue weighted by Crippen LogP contribution is -2.28. The van der Waals surface area contributed by atoms with E-state index in [-0.39, 0.29) is 25.7 Å². The average Bonchev–Trinajstić information content (AvgIpc) is 3.30. The van der Waals surface area contributed by atoms with E-state index in [0.29, 0.717) is 28.3 Å². The molecule has 0 unspecified atom stereocenters. The van der Waals surface area contributed by atoms with Crippen LogP contribution in [0.4, 0.5) is 0 Å². The molecule has 1 fully saturated rings. The number of aromatic nitrogens is 2. The summed E-state index contributed by atoms with van der Waals surface area (Å²) in [5.41, 5.74) is 2.32. The van der Waals surface area contributed by atoms with Crippen molar-refractivity contribution in [3.63, 3.8) is 0 Å². The number of hydrogen-bond acceptors (Lipinski definition) is 6. The van der Waals surface area contributed by atoms with Crippen LogP contribution >= 0.6 is 0 Å². The summed E-state index contributed by atoms with van der Waals surface area (Å²) < 4.78 is 10.1. The molecule has 0 radical (unpaired) electrons. The fraction of sp³-hybridized carbons (Fsp3) is 0.467. The van der Waals surface area contributed by atoms with Crippen molar-refractivity contribution in [2.24, 2.45) is 0 Å². The quantitative estimate of drug-likeness (QED) is 0.738. The van der Waals surface area contributed by atoms with E-state index >= 15 is 0 Å². The van der Waals surface area contributed by atoms with Crippen LogP contribution in [0.15, 0.2) is 10.6 Å². The summed E-state index contributed by atoms with van der Waals surface area (Å²) in [7, 11) is 0. The van der Waals surface area contributed by atoms with Gasteiger partial charge in [0.05, 0.1) is 23.3 Å². The van der Waals surface area contributed by atoms with Gasteiger partial charge < -0.3 is 19.7 Å². The number of rotatable bonds is 7. The van der Waals surface area contributed by atoms with Crippen LogP contribution in [0.25, 0.3) is 11.1 Å². The third-order valence-electron chi connectivity index (χ3n) is 3.63. The summed E-state index contributed by atoms with van der Waals surface area (Å²) in [4.78, 5) is 27.2. The molecule has 3 rings (SSSR count). The minimum atomic E-state index is -1.04. The van der Waals surface area contributed by atoms with Crippen LogP contribution in [0, 0.1) is 6.92 Å². The molecule has 0 bridgehead atoms. The fourth-order valence-corrected chi connectivity index (χ4v) is 2.37. The zero-order valence-corrected chi connectivity index (χ0v) is 12.7. The molecule has 8 nitrogen and oxygen atoms in total. The Morgan fingerprint density at radius 2 is 2.26 bits per heavy atom. The average molecular weight is 319 g/mol. The maximum Gasteiger partial charge on any atom is 0.329 e. The van der Waals surface area contributed by atoms with Crippen LogP contribution in [-0.2, 0) is 9.53 Å². The summed E-state index contributed by atoms with van der Waals surface area (Å²) in [6.07, 6.45) is 2.13. The number of fused-ring (bicyclic) bond motifs is 1. The van der Waals surface area contributed by atoms with Gasteiger partial charge in [-0.1, -0.05) is 5.16 Å². The topological polar surface area (TPSA) is 115 Å². The summed E-state index contributed by atoms with van der Waals surface area (Å²) in [6.45, 7) is 1.73. The van der Waals surface area contributed by atoms with Gasteiger partial charge in [-0.2, -0.15) is 0 Å². The second-order valence-corrected chi connectivity index (χ2v) is 5.52. The number of carboxylic acids is 1. The van der Waals surface area contributed by atoms with E-state index < -0.39 is 5.97 Å². The summed E-state index contributed by atoms with van der Waals surface area (Å²) >= 11 is 0. The molecule has 0 atom stereocenters. The van der Waals surface area contributed by atoms with Gasteiger partial charge in [-0.15, -0.1) is 0 Å². The molecule has 2 aromatic heterocycles. The van der Waals surface area contributed by atoms with E-state index in [1.807, 2.05) is 0 Å². The molecule has 1 saturated carbocycles. The standard InChI is InChI=1S/C15H17N3O5/c1-8-13-10(14(21)16-4-5-22-7-12(19)20)6-11(9-2-3-9)17-15(13)23-18-8/h6,9H,2-5,7H2,1H3,(H,16,21)(H,19,20). The second kappa shape index (κ2) is 6.33. The zero-order chi connectivity index (χ0) is 16.4. The van der Waals surface area contributed by atoms with Crippen molar-refractivity contribution in [3.8, 4) is 0 Å². The lowest BCUT2D eigenvalue weighted by atomic mass is 10.1. The molecular formula is C15H17N3O5. The highest BCUT2D eigenvalue weighted by atomic mass is 16.5. The Balaban J connectivity index is 1.73. The highest BCUT2D eigenvalue weighted by Crippen LogP contribution is 2.40. The van der Waals surface area contributed by atoms with Crippen molar-refractivity contribution in [3.05, 3.63) is 23.0 Å². The van der Waals surface area contributed by atoms with Gasteiger partial charge in [0.15, 0.2) is 0 Å². The van der Waals surface area contributed by atoms with Crippen molar-refractivity contribution in [1.29, 1.82) is 0 Å². The second-order valence-electron chi connectivity index (χ2n) is 5.52. The number of amides is 1. The fourth-order valence-electron chi connectivity index (χ4n) is 2.37. The van der Waals surface area contributed by atoms with Gasteiger partial charge in [0.25, 0.3) is 11.6 Å². The summed E-state index contributed by atoms with van der Waals surface area (Å²) in [5.74, 6) is -0.930. The molecule has 122 valence electrons. The molecular weight excluding hydrogens is 302 g/mol. The van der Waals surface area contributed by atoms with E-state index in [2.05, 4.69) is 15.5 Å². The van der Waals surface area contributed by atoms with E-state index in [1.165, 1.54) is 0 Å². The first-order valence-electron chi connectivity index (χ1n) is 7.41. The number of nitrogens with one attached hydrogen (secondary N) is 1. The number of hydrogen-bond donors (Lipinski definition) is 2. The largest absolute Gasteiger partial charge is 0.480 e. The molecule has 1 aliphatic carbocycles. The monoisotopic (exact) mass is 319 g/mol. The lowest BCUT2D eigenvalue weighted by Gasteiger charge is -2.08. The summed E-state index contributed by atoms with van der Waals surface area (Å²) in [6, 6.07) is 1.79. The number of aliphatic carboxylic acids is 1. The van der Waals surface area contributed by atoms with Crippen LogP contribution in [0.2, 0.25) is 0 Å². The van der Waals surface area contributed by atoms with Crippen LogP contribution in [0.1, 0.15) is 40.5 Å². The van der Waals surface area contributed by atoms with Gasteiger partial charge in [-0.05, 0) is 25.8 Å². The number of nitrogens with zero attached hydrogens (tertiary/aromatic N) is 2.